The predicted octanol–water partition coefficient (Wildman–Crippen LogP) is 2.20. The van der Waals surface area contributed by atoms with Crippen molar-refractivity contribution in [2.24, 2.45) is 7.05 Å². The molecule has 0 radical (unpaired) electrons. The summed E-state index contributed by atoms with van der Waals surface area (Å²) in [5.41, 5.74) is 3.70. The van der Waals surface area contributed by atoms with E-state index >= 15 is 0 Å². The molecule has 0 saturated carbocycles. The molecule has 106 valence electrons. The highest BCUT2D eigenvalue weighted by Crippen LogP contribution is 2.21. The summed E-state index contributed by atoms with van der Waals surface area (Å²) in [4.78, 5) is 4.66. The van der Waals surface area contributed by atoms with Gasteiger partial charge in [0.2, 0.25) is 0 Å². The minimum absolute atomic E-state index is 0.533. The van der Waals surface area contributed by atoms with Crippen LogP contribution in [0.5, 0.6) is 0 Å². The van der Waals surface area contributed by atoms with Crippen LogP contribution in [0.4, 0.5) is 0 Å². The number of halogens is 1. The number of hydrogen-bond acceptors (Lipinski definition) is 4. The van der Waals surface area contributed by atoms with Crippen LogP contribution in [0.1, 0.15) is 23.0 Å². The van der Waals surface area contributed by atoms with Gasteiger partial charge in [-0.25, -0.2) is 4.98 Å². The van der Waals surface area contributed by atoms with Crippen LogP contribution in [0.15, 0.2) is 10.6 Å². The fourth-order valence-electron chi connectivity index (χ4n) is 2.47. The van der Waals surface area contributed by atoms with Gasteiger partial charge in [0.1, 0.15) is 11.3 Å². The zero-order chi connectivity index (χ0) is 14.3. The van der Waals surface area contributed by atoms with Gasteiger partial charge in [-0.1, -0.05) is 5.16 Å². The minimum atomic E-state index is 0.533. The van der Waals surface area contributed by atoms with Gasteiger partial charge in [0.05, 0.1) is 17.9 Å². The molecule has 0 aliphatic carbocycles. The van der Waals surface area contributed by atoms with E-state index < -0.39 is 0 Å². The number of aromatic nitrogens is 5. The lowest BCUT2D eigenvalue weighted by molar-refractivity contribution is 0.372. The molecule has 3 aromatic heterocycles. The number of alkyl halides is 1. The molecule has 6 nitrogen and oxygen atoms in total. The first-order valence-electron chi connectivity index (χ1n) is 6.47. The summed E-state index contributed by atoms with van der Waals surface area (Å²) in [6.45, 7) is 4.45. The van der Waals surface area contributed by atoms with Crippen LogP contribution in [0.25, 0.3) is 11.2 Å². The molecule has 3 rings (SSSR count). The number of hydrogen-bond donors (Lipinski definition) is 0. The molecule has 0 bridgehead atoms. The van der Waals surface area contributed by atoms with Gasteiger partial charge in [0.25, 0.3) is 0 Å². The van der Waals surface area contributed by atoms with Crippen LogP contribution in [0, 0.1) is 13.8 Å². The number of nitrogens with zero attached hydrogens (tertiary/aromatic N) is 5. The van der Waals surface area contributed by atoms with Gasteiger partial charge in [0.15, 0.2) is 11.4 Å². The minimum Gasteiger partial charge on any atom is -0.359 e. The van der Waals surface area contributed by atoms with Crippen molar-refractivity contribution in [2.75, 3.05) is 5.88 Å². The third kappa shape index (κ3) is 2.10. The molecule has 0 spiro atoms. The highest BCUT2D eigenvalue weighted by atomic mass is 35.5. The van der Waals surface area contributed by atoms with Crippen LogP contribution < -0.4 is 0 Å². The van der Waals surface area contributed by atoms with E-state index in [1.54, 1.807) is 0 Å². The van der Waals surface area contributed by atoms with Crippen molar-refractivity contribution in [3.8, 4) is 0 Å². The van der Waals surface area contributed by atoms with Gasteiger partial charge in [0, 0.05) is 25.4 Å². The van der Waals surface area contributed by atoms with Crippen molar-refractivity contribution in [1.82, 2.24) is 24.5 Å². The van der Waals surface area contributed by atoms with Crippen LogP contribution in [0.2, 0.25) is 0 Å². The lowest BCUT2D eigenvalue weighted by atomic mass is 10.3. The van der Waals surface area contributed by atoms with Gasteiger partial charge < -0.3 is 9.09 Å². The number of imidazole rings is 1. The smallest absolute Gasteiger partial charge is 0.159 e. The summed E-state index contributed by atoms with van der Waals surface area (Å²) in [5.74, 6) is 2.28. The van der Waals surface area contributed by atoms with E-state index in [0.717, 1.165) is 34.1 Å². The fraction of sp³-hybridized carbons (Fsp3) is 0.462. The van der Waals surface area contributed by atoms with E-state index in [1.165, 1.54) is 0 Å². The zero-order valence-corrected chi connectivity index (χ0v) is 12.5. The van der Waals surface area contributed by atoms with E-state index in [-0.39, 0.29) is 0 Å². The van der Waals surface area contributed by atoms with Crippen LogP contribution in [-0.2, 0) is 20.0 Å². The largest absolute Gasteiger partial charge is 0.359 e. The number of aryl methyl sites for hydroxylation is 4. The lowest BCUT2D eigenvalue weighted by Crippen LogP contribution is -2.08. The Morgan fingerprint density at radius 2 is 2.15 bits per heavy atom. The molecule has 0 saturated heterocycles. The van der Waals surface area contributed by atoms with Crippen molar-refractivity contribution in [3.63, 3.8) is 0 Å². The number of rotatable bonds is 4. The summed E-state index contributed by atoms with van der Waals surface area (Å²) >= 11 is 5.88. The highest BCUT2D eigenvalue weighted by molar-refractivity contribution is 6.17. The second-order valence-electron chi connectivity index (χ2n) is 4.87. The Bertz CT molecular complexity index is 754. The maximum absolute atomic E-state index is 5.88. The van der Waals surface area contributed by atoms with Crippen LogP contribution in [0.3, 0.4) is 0 Å². The molecule has 0 N–H and O–H groups in total. The molecular formula is C13H16ClN5O. The Balaban J connectivity index is 2.12. The second kappa shape index (κ2) is 4.94. The molecule has 0 aromatic carbocycles. The van der Waals surface area contributed by atoms with Crippen LogP contribution in [-0.4, -0.2) is 30.4 Å². The molecule has 0 fully saturated rings. The average Bonchev–Trinajstić information content (AvgIpc) is 3.02. The maximum atomic E-state index is 5.88. The molecule has 0 aliphatic rings. The SMILES string of the molecule is Cc1cc(Cn2c(CCCl)nc3c(C)nn(C)c32)on1. The molecule has 3 aromatic rings. The first-order chi connectivity index (χ1) is 9.60. The summed E-state index contributed by atoms with van der Waals surface area (Å²) < 4.78 is 9.25. The Hall–Kier alpha value is -1.82. The van der Waals surface area contributed by atoms with Crippen molar-refractivity contribution < 1.29 is 4.52 Å². The molecule has 0 atom stereocenters. The van der Waals surface area contributed by atoms with E-state index in [4.69, 9.17) is 16.1 Å². The molecule has 7 heteroatoms. The average molecular weight is 294 g/mol. The first kappa shape index (κ1) is 13.2. The summed E-state index contributed by atoms with van der Waals surface area (Å²) in [6.07, 6.45) is 0.711. The van der Waals surface area contributed by atoms with Crippen LogP contribution >= 0.6 is 11.6 Å². The fourth-order valence-corrected chi connectivity index (χ4v) is 2.64. The monoisotopic (exact) mass is 293 g/mol. The normalized spacial score (nSPS) is 11.6. The summed E-state index contributed by atoms with van der Waals surface area (Å²) in [7, 11) is 1.92. The zero-order valence-electron chi connectivity index (χ0n) is 11.7. The van der Waals surface area contributed by atoms with Gasteiger partial charge in [-0.3, -0.25) is 4.68 Å². The third-order valence-electron chi connectivity index (χ3n) is 3.28. The Labute approximate surface area is 121 Å². The van der Waals surface area contributed by atoms with Gasteiger partial charge in [-0.05, 0) is 13.8 Å². The maximum Gasteiger partial charge on any atom is 0.159 e. The topological polar surface area (TPSA) is 61.7 Å². The molecule has 0 unspecified atom stereocenters. The lowest BCUT2D eigenvalue weighted by Gasteiger charge is -2.06. The Morgan fingerprint density at radius 3 is 2.80 bits per heavy atom. The van der Waals surface area contributed by atoms with Crippen molar-refractivity contribution in [3.05, 3.63) is 29.0 Å². The number of fused-ring (bicyclic) bond motifs is 1. The molecule has 0 amide bonds. The van der Waals surface area contributed by atoms with Gasteiger partial charge >= 0.3 is 0 Å². The molecule has 3 heterocycles. The Kier molecular flexibility index (Phi) is 3.25. The van der Waals surface area contributed by atoms with Crippen molar-refractivity contribution in [1.29, 1.82) is 0 Å². The van der Waals surface area contributed by atoms with E-state index in [0.29, 0.717) is 18.8 Å². The van der Waals surface area contributed by atoms with E-state index in [9.17, 15) is 0 Å². The van der Waals surface area contributed by atoms with Gasteiger partial charge in [-0.15, -0.1) is 11.6 Å². The summed E-state index contributed by atoms with van der Waals surface area (Å²) in [6, 6.07) is 1.93. The predicted molar refractivity (Wildman–Crippen MR) is 76.0 cm³/mol. The third-order valence-corrected chi connectivity index (χ3v) is 3.47. The first-order valence-corrected chi connectivity index (χ1v) is 7.00. The Morgan fingerprint density at radius 1 is 1.35 bits per heavy atom. The standard InChI is InChI=1S/C13H16ClN5O/c1-8-6-10(20-17-8)7-19-11(4-5-14)15-12-9(2)16-18(3)13(12)19/h6H,4-5,7H2,1-3H3. The summed E-state index contributed by atoms with van der Waals surface area (Å²) in [5, 5.41) is 8.34. The molecular weight excluding hydrogens is 278 g/mol. The van der Waals surface area contributed by atoms with Crippen molar-refractivity contribution in [2.45, 2.75) is 26.8 Å². The quantitative estimate of drug-likeness (QED) is 0.692. The van der Waals surface area contributed by atoms with Gasteiger partial charge in [-0.2, -0.15) is 5.10 Å². The highest BCUT2D eigenvalue weighted by Gasteiger charge is 2.18. The molecule has 20 heavy (non-hydrogen) atoms. The van der Waals surface area contributed by atoms with Crippen molar-refractivity contribution >= 4 is 22.8 Å². The second-order valence-corrected chi connectivity index (χ2v) is 5.25. The molecule has 0 aliphatic heterocycles. The van der Waals surface area contributed by atoms with E-state index in [2.05, 4.69) is 19.8 Å². The van der Waals surface area contributed by atoms with E-state index in [1.807, 2.05) is 31.6 Å².